The summed E-state index contributed by atoms with van der Waals surface area (Å²) in [6.07, 6.45) is -0.0962. The fourth-order valence-electron chi connectivity index (χ4n) is 1.68. The van der Waals surface area contributed by atoms with E-state index in [0.717, 1.165) is 0 Å². The number of nitrogen functional groups attached to an aromatic ring is 1. The number of carbonyl (C=O) groups excluding carboxylic acids is 1. The third-order valence-electron chi connectivity index (χ3n) is 2.58. The second kappa shape index (κ2) is 5.15. The van der Waals surface area contributed by atoms with Gasteiger partial charge in [-0.15, -0.1) is 0 Å². The van der Waals surface area contributed by atoms with Crippen LogP contribution in [0.5, 0.6) is 0 Å². The first-order valence-corrected chi connectivity index (χ1v) is 5.46. The zero-order chi connectivity index (χ0) is 12.3. The summed E-state index contributed by atoms with van der Waals surface area (Å²) in [7, 11) is 0. The van der Waals surface area contributed by atoms with Gasteiger partial charge in [0.05, 0.1) is 25.9 Å². The Bertz CT molecular complexity index is 379. The lowest BCUT2D eigenvalue weighted by Gasteiger charge is -2.23. The van der Waals surface area contributed by atoms with Crippen molar-refractivity contribution in [3.05, 3.63) is 11.3 Å². The van der Waals surface area contributed by atoms with Crippen molar-refractivity contribution in [2.24, 2.45) is 0 Å². The summed E-state index contributed by atoms with van der Waals surface area (Å²) in [5, 5.41) is 9.18. The summed E-state index contributed by atoms with van der Waals surface area (Å²) in [4.78, 5) is 11.8. The van der Waals surface area contributed by atoms with E-state index in [1.165, 1.54) is 0 Å². The third kappa shape index (κ3) is 2.75. The molecule has 0 aliphatic carbocycles. The second-order valence-corrected chi connectivity index (χ2v) is 3.89. The van der Waals surface area contributed by atoms with Crippen LogP contribution < -0.4 is 11.1 Å². The molecule has 2 heterocycles. The molecule has 1 atom stereocenters. The van der Waals surface area contributed by atoms with Crippen LogP contribution in [0.3, 0.4) is 0 Å². The van der Waals surface area contributed by atoms with Crippen LogP contribution in [0.2, 0.25) is 0 Å². The van der Waals surface area contributed by atoms with E-state index in [0.29, 0.717) is 37.6 Å². The fourth-order valence-corrected chi connectivity index (χ4v) is 1.68. The normalized spacial score (nSPS) is 20.2. The highest BCUT2D eigenvalue weighted by Crippen LogP contribution is 2.11. The van der Waals surface area contributed by atoms with Crippen molar-refractivity contribution in [3.63, 3.8) is 0 Å². The van der Waals surface area contributed by atoms with Gasteiger partial charge in [0, 0.05) is 12.2 Å². The van der Waals surface area contributed by atoms with Crippen LogP contribution in [-0.2, 0) is 9.47 Å². The molecule has 1 aliphatic heterocycles. The number of aromatic amines is 1. The Hall–Kier alpha value is -1.60. The van der Waals surface area contributed by atoms with Crippen LogP contribution in [0, 0.1) is 6.92 Å². The Morgan fingerprint density at radius 3 is 3.06 bits per heavy atom. The van der Waals surface area contributed by atoms with E-state index in [2.05, 4.69) is 15.5 Å². The summed E-state index contributed by atoms with van der Waals surface area (Å²) in [6, 6.07) is 0. The number of rotatable bonds is 3. The summed E-state index contributed by atoms with van der Waals surface area (Å²) >= 11 is 0. The quantitative estimate of drug-likeness (QED) is 0.657. The molecule has 1 aromatic rings. The number of nitrogens with zero attached hydrogens (tertiary/aromatic N) is 1. The molecule has 0 spiro atoms. The first kappa shape index (κ1) is 11.9. The smallest absolute Gasteiger partial charge is 0.257 e. The number of amides is 1. The van der Waals surface area contributed by atoms with E-state index in [9.17, 15) is 4.79 Å². The van der Waals surface area contributed by atoms with Crippen molar-refractivity contribution in [2.45, 2.75) is 13.0 Å². The number of hydrogen-bond donors (Lipinski definition) is 3. The highest BCUT2D eigenvalue weighted by Gasteiger charge is 2.19. The first-order chi connectivity index (χ1) is 8.18. The minimum atomic E-state index is -0.247. The van der Waals surface area contributed by atoms with Crippen molar-refractivity contribution in [3.8, 4) is 0 Å². The fraction of sp³-hybridized carbons (Fsp3) is 0.600. The molecule has 0 bridgehead atoms. The standard InChI is InChI=1S/C10H16N4O3/c1-6-8(9(11)14-13-6)10(15)12-4-7-5-16-2-3-17-7/h7H,2-5H2,1H3,(H,12,15)(H3,11,13,14). The van der Waals surface area contributed by atoms with Crippen LogP contribution >= 0.6 is 0 Å². The van der Waals surface area contributed by atoms with Gasteiger partial charge in [-0.3, -0.25) is 9.89 Å². The van der Waals surface area contributed by atoms with Gasteiger partial charge < -0.3 is 20.5 Å². The number of nitrogens with two attached hydrogens (primary N) is 1. The van der Waals surface area contributed by atoms with Crippen LogP contribution in [0.1, 0.15) is 16.1 Å². The van der Waals surface area contributed by atoms with Gasteiger partial charge >= 0.3 is 0 Å². The van der Waals surface area contributed by atoms with E-state index in [-0.39, 0.29) is 17.8 Å². The molecule has 94 valence electrons. The minimum Gasteiger partial charge on any atom is -0.382 e. The molecule has 0 radical (unpaired) electrons. The molecule has 7 nitrogen and oxygen atoms in total. The van der Waals surface area contributed by atoms with Gasteiger partial charge in [0.25, 0.3) is 5.91 Å². The molecule has 1 saturated heterocycles. The number of ether oxygens (including phenoxy) is 2. The van der Waals surface area contributed by atoms with Gasteiger partial charge in [0.2, 0.25) is 0 Å². The van der Waals surface area contributed by atoms with E-state index in [1.807, 2.05) is 0 Å². The molecule has 0 saturated carbocycles. The van der Waals surface area contributed by atoms with Gasteiger partial charge in [-0.25, -0.2) is 0 Å². The number of nitrogens with one attached hydrogen (secondary N) is 2. The van der Waals surface area contributed by atoms with Crippen LogP contribution in [-0.4, -0.2) is 48.6 Å². The molecule has 1 amide bonds. The third-order valence-corrected chi connectivity index (χ3v) is 2.58. The number of carbonyl (C=O) groups is 1. The highest BCUT2D eigenvalue weighted by molar-refractivity contribution is 5.99. The summed E-state index contributed by atoms with van der Waals surface area (Å²) < 4.78 is 10.6. The van der Waals surface area contributed by atoms with Crippen LogP contribution in [0.15, 0.2) is 0 Å². The largest absolute Gasteiger partial charge is 0.382 e. The molecule has 1 fully saturated rings. The maximum absolute atomic E-state index is 11.8. The molecule has 1 unspecified atom stereocenters. The zero-order valence-electron chi connectivity index (χ0n) is 9.66. The summed E-state index contributed by atoms with van der Waals surface area (Å²) in [5.41, 5.74) is 6.64. The average molecular weight is 240 g/mol. The molecule has 1 aromatic heterocycles. The summed E-state index contributed by atoms with van der Waals surface area (Å²) in [6.45, 7) is 3.83. The van der Waals surface area contributed by atoms with E-state index in [1.54, 1.807) is 6.92 Å². The maximum Gasteiger partial charge on any atom is 0.257 e. The Balaban J connectivity index is 1.89. The number of hydrogen-bond acceptors (Lipinski definition) is 5. The predicted octanol–water partition coefficient (Wildman–Crippen LogP) is -0.554. The molecule has 0 aromatic carbocycles. The van der Waals surface area contributed by atoms with Gasteiger partial charge in [0.1, 0.15) is 5.56 Å². The van der Waals surface area contributed by atoms with Gasteiger partial charge in [0.15, 0.2) is 5.82 Å². The lowest BCUT2D eigenvalue weighted by Crippen LogP contribution is -2.39. The molecular weight excluding hydrogens is 224 g/mol. The van der Waals surface area contributed by atoms with Crippen molar-refractivity contribution >= 4 is 11.7 Å². The molecule has 1 aliphatic rings. The molecular formula is C10H16N4O3. The molecule has 2 rings (SSSR count). The Kier molecular flexibility index (Phi) is 3.60. The van der Waals surface area contributed by atoms with Gasteiger partial charge in [-0.2, -0.15) is 5.10 Å². The van der Waals surface area contributed by atoms with Gasteiger partial charge in [-0.05, 0) is 6.92 Å². The predicted molar refractivity (Wildman–Crippen MR) is 60.6 cm³/mol. The molecule has 7 heteroatoms. The molecule has 17 heavy (non-hydrogen) atoms. The lowest BCUT2D eigenvalue weighted by atomic mass is 10.2. The number of aryl methyl sites for hydroxylation is 1. The first-order valence-electron chi connectivity index (χ1n) is 5.46. The second-order valence-electron chi connectivity index (χ2n) is 3.89. The monoisotopic (exact) mass is 240 g/mol. The molecule has 4 N–H and O–H groups in total. The van der Waals surface area contributed by atoms with Crippen molar-refractivity contribution in [2.75, 3.05) is 32.1 Å². The lowest BCUT2D eigenvalue weighted by molar-refractivity contribution is -0.0855. The Labute approximate surface area is 98.7 Å². The van der Waals surface area contributed by atoms with Crippen LogP contribution in [0.25, 0.3) is 0 Å². The number of anilines is 1. The topological polar surface area (TPSA) is 102 Å². The van der Waals surface area contributed by atoms with E-state index >= 15 is 0 Å². The highest BCUT2D eigenvalue weighted by atomic mass is 16.6. The summed E-state index contributed by atoms with van der Waals surface area (Å²) in [5.74, 6) is -0.0382. The SMILES string of the molecule is Cc1[nH]nc(N)c1C(=O)NCC1COCCO1. The number of aromatic nitrogens is 2. The Morgan fingerprint density at radius 1 is 1.65 bits per heavy atom. The van der Waals surface area contributed by atoms with E-state index in [4.69, 9.17) is 15.2 Å². The number of H-pyrrole nitrogens is 1. The van der Waals surface area contributed by atoms with Crippen molar-refractivity contribution < 1.29 is 14.3 Å². The van der Waals surface area contributed by atoms with E-state index < -0.39 is 0 Å². The average Bonchev–Trinajstić information content (AvgIpc) is 2.67. The van der Waals surface area contributed by atoms with Crippen molar-refractivity contribution in [1.82, 2.24) is 15.5 Å². The zero-order valence-corrected chi connectivity index (χ0v) is 9.66. The van der Waals surface area contributed by atoms with Gasteiger partial charge in [-0.1, -0.05) is 0 Å². The Morgan fingerprint density at radius 2 is 2.47 bits per heavy atom. The van der Waals surface area contributed by atoms with Crippen LogP contribution in [0.4, 0.5) is 5.82 Å². The maximum atomic E-state index is 11.8. The van der Waals surface area contributed by atoms with Crippen molar-refractivity contribution in [1.29, 1.82) is 0 Å². The minimum absolute atomic E-state index is 0.0962.